The molecule has 2 heterocycles. The molecule has 13 heavy (non-hydrogen) atoms. The van der Waals surface area contributed by atoms with Gasteiger partial charge in [-0.2, -0.15) is 0 Å². The first kappa shape index (κ1) is 9.44. The van der Waals surface area contributed by atoms with Crippen molar-refractivity contribution in [3.05, 3.63) is 0 Å². The van der Waals surface area contributed by atoms with Gasteiger partial charge in [0.2, 0.25) is 0 Å². The Labute approximate surface area is 79.6 Å². The molecule has 0 radical (unpaired) electrons. The third-order valence-corrected chi connectivity index (χ3v) is 3.23. The van der Waals surface area contributed by atoms with Gasteiger partial charge in [-0.05, 0) is 31.7 Å². The Bertz CT molecular complexity index is 155. The molecule has 0 aromatic carbocycles. The highest BCUT2D eigenvalue weighted by Crippen LogP contribution is 2.30. The number of hydrogen-bond donors (Lipinski definition) is 1. The quantitative estimate of drug-likeness (QED) is 0.691. The summed E-state index contributed by atoms with van der Waals surface area (Å²) in [6.07, 6.45) is 3.94. The van der Waals surface area contributed by atoms with Crippen LogP contribution in [0.2, 0.25) is 0 Å². The normalized spacial score (nSPS) is 40.8. The fraction of sp³-hybridized carbons (Fsp3) is 1.00. The van der Waals surface area contributed by atoms with Crippen molar-refractivity contribution in [1.29, 1.82) is 0 Å². The van der Waals surface area contributed by atoms with Crippen LogP contribution in [0.15, 0.2) is 0 Å². The maximum Gasteiger partial charge on any atom is 0.0666 e. The highest BCUT2D eigenvalue weighted by atomic mass is 16.5. The van der Waals surface area contributed by atoms with E-state index in [1.54, 1.807) is 0 Å². The standard InChI is InChI=1S/C10H19NO2/c11-6-8-2-1-4-13-10(8)9-3-5-12-7-9/h8-10H,1-7,11H2. The Hall–Kier alpha value is -0.120. The second-order valence-corrected chi connectivity index (χ2v) is 4.10. The molecule has 0 saturated carbocycles. The maximum absolute atomic E-state index is 5.81. The number of ether oxygens (including phenoxy) is 2. The Balaban J connectivity index is 1.93. The minimum absolute atomic E-state index is 0.376. The second-order valence-electron chi connectivity index (χ2n) is 4.10. The summed E-state index contributed by atoms with van der Waals surface area (Å²) < 4.78 is 11.2. The zero-order valence-corrected chi connectivity index (χ0v) is 8.08. The molecule has 76 valence electrons. The number of rotatable bonds is 2. The Kier molecular flexibility index (Phi) is 3.19. The van der Waals surface area contributed by atoms with Crippen molar-refractivity contribution in [2.75, 3.05) is 26.4 Å². The largest absolute Gasteiger partial charge is 0.381 e. The van der Waals surface area contributed by atoms with Crippen LogP contribution in [0.25, 0.3) is 0 Å². The van der Waals surface area contributed by atoms with Gasteiger partial charge in [-0.1, -0.05) is 0 Å². The van der Waals surface area contributed by atoms with E-state index in [0.717, 1.165) is 32.8 Å². The van der Waals surface area contributed by atoms with E-state index in [1.165, 1.54) is 12.8 Å². The van der Waals surface area contributed by atoms with Crippen molar-refractivity contribution in [2.45, 2.75) is 25.4 Å². The van der Waals surface area contributed by atoms with E-state index in [1.807, 2.05) is 0 Å². The van der Waals surface area contributed by atoms with Gasteiger partial charge in [-0.15, -0.1) is 0 Å². The summed E-state index contributed by atoms with van der Waals surface area (Å²) in [5.41, 5.74) is 5.74. The number of nitrogens with two attached hydrogens (primary N) is 1. The molecule has 3 nitrogen and oxygen atoms in total. The van der Waals surface area contributed by atoms with Crippen LogP contribution in [0.1, 0.15) is 19.3 Å². The summed E-state index contributed by atoms with van der Waals surface area (Å²) >= 11 is 0. The molecule has 2 N–H and O–H groups in total. The molecule has 2 aliphatic rings. The van der Waals surface area contributed by atoms with Crippen LogP contribution >= 0.6 is 0 Å². The van der Waals surface area contributed by atoms with Crippen molar-refractivity contribution >= 4 is 0 Å². The molecule has 0 amide bonds. The van der Waals surface area contributed by atoms with Crippen molar-refractivity contribution in [2.24, 2.45) is 17.6 Å². The molecule has 2 saturated heterocycles. The van der Waals surface area contributed by atoms with Crippen LogP contribution in [0.3, 0.4) is 0 Å². The summed E-state index contributed by atoms with van der Waals surface area (Å²) in [5, 5.41) is 0. The van der Waals surface area contributed by atoms with Gasteiger partial charge in [0.1, 0.15) is 0 Å². The van der Waals surface area contributed by atoms with E-state index in [0.29, 0.717) is 17.9 Å². The highest BCUT2D eigenvalue weighted by molar-refractivity contribution is 4.83. The molecule has 3 unspecified atom stereocenters. The van der Waals surface area contributed by atoms with Gasteiger partial charge in [0.15, 0.2) is 0 Å². The Morgan fingerprint density at radius 1 is 1.23 bits per heavy atom. The molecule has 2 fully saturated rings. The lowest BCUT2D eigenvalue weighted by Crippen LogP contribution is -2.40. The molecular weight excluding hydrogens is 166 g/mol. The topological polar surface area (TPSA) is 44.5 Å². The fourth-order valence-electron chi connectivity index (χ4n) is 2.45. The van der Waals surface area contributed by atoms with Gasteiger partial charge in [-0.3, -0.25) is 0 Å². The van der Waals surface area contributed by atoms with Crippen LogP contribution in [-0.2, 0) is 9.47 Å². The predicted molar refractivity (Wildman–Crippen MR) is 50.4 cm³/mol. The monoisotopic (exact) mass is 185 g/mol. The van der Waals surface area contributed by atoms with Crippen LogP contribution in [0, 0.1) is 11.8 Å². The third kappa shape index (κ3) is 2.03. The van der Waals surface area contributed by atoms with Gasteiger partial charge in [0.05, 0.1) is 12.7 Å². The first-order chi connectivity index (χ1) is 6.42. The van der Waals surface area contributed by atoms with Crippen molar-refractivity contribution in [3.8, 4) is 0 Å². The molecule has 2 aliphatic heterocycles. The molecule has 2 rings (SSSR count). The van der Waals surface area contributed by atoms with Crippen LogP contribution < -0.4 is 5.73 Å². The fourth-order valence-corrected chi connectivity index (χ4v) is 2.45. The van der Waals surface area contributed by atoms with Gasteiger partial charge in [0, 0.05) is 19.1 Å². The molecule has 3 heteroatoms. The zero-order valence-electron chi connectivity index (χ0n) is 8.08. The lowest BCUT2D eigenvalue weighted by molar-refractivity contribution is -0.0585. The average molecular weight is 185 g/mol. The van der Waals surface area contributed by atoms with Gasteiger partial charge < -0.3 is 15.2 Å². The van der Waals surface area contributed by atoms with E-state index in [4.69, 9.17) is 15.2 Å². The molecule has 0 bridgehead atoms. The summed E-state index contributed by atoms with van der Waals surface area (Å²) in [7, 11) is 0. The molecule has 0 aliphatic carbocycles. The van der Waals surface area contributed by atoms with E-state index in [2.05, 4.69) is 0 Å². The van der Waals surface area contributed by atoms with E-state index >= 15 is 0 Å². The Morgan fingerprint density at radius 2 is 2.15 bits per heavy atom. The van der Waals surface area contributed by atoms with Gasteiger partial charge in [-0.25, -0.2) is 0 Å². The molecular formula is C10H19NO2. The molecule has 0 spiro atoms. The van der Waals surface area contributed by atoms with Crippen LogP contribution in [0.5, 0.6) is 0 Å². The van der Waals surface area contributed by atoms with E-state index in [9.17, 15) is 0 Å². The third-order valence-electron chi connectivity index (χ3n) is 3.23. The smallest absolute Gasteiger partial charge is 0.0666 e. The summed E-state index contributed by atoms with van der Waals surface area (Å²) in [6, 6.07) is 0. The first-order valence-corrected chi connectivity index (χ1v) is 5.31. The highest BCUT2D eigenvalue weighted by Gasteiger charge is 2.34. The number of hydrogen-bond acceptors (Lipinski definition) is 3. The summed E-state index contributed by atoms with van der Waals surface area (Å²) in [4.78, 5) is 0. The lowest BCUT2D eigenvalue weighted by Gasteiger charge is -2.34. The van der Waals surface area contributed by atoms with Crippen LogP contribution in [-0.4, -0.2) is 32.5 Å². The zero-order chi connectivity index (χ0) is 9.10. The predicted octanol–water partition coefficient (Wildman–Crippen LogP) is 0.777. The molecule has 0 aromatic heterocycles. The van der Waals surface area contributed by atoms with Gasteiger partial charge in [0.25, 0.3) is 0 Å². The van der Waals surface area contributed by atoms with Crippen molar-refractivity contribution in [1.82, 2.24) is 0 Å². The first-order valence-electron chi connectivity index (χ1n) is 5.31. The van der Waals surface area contributed by atoms with E-state index in [-0.39, 0.29) is 0 Å². The maximum atomic E-state index is 5.81. The second kappa shape index (κ2) is 4.40. The van der Waals surface area contributed by atoms with Crippen molar-refractivity contribution in [3.63, 3.8) is 0 Å². The minimum Gasteiger partial charge on any atom is -0.381 e. The molecule has 3 atom stereocenters. The van der Waals surface area contributed by atoms with Crippen LogP contribution in [0.4, 0.5) is 0 Å². The SMILES string of the molecule is NCC1CCCOC1C1CCOC1. The lowest BCUT2D eigenvalue weighted by atomic mass is 9.85. The van der Waals surface area contributed by atoms with Gasteiger partial charge >= 0.3 is 0 Å². The summed E-state index contributed by atoms with van der Waals surface area (Å²) in [5.74, 6) is 1.18. The van der Waals surface area contributed by atoms with Crippen molar-refractivity contribution < 1.29 is 9.47 Å². The minimum atomic E-state index is 0.376. The summed E-state index contributed by atoms with van der Waals surface area (Å²) in [6.45, 7) is 3.46. The average Bonchev–Trinajstić information content (AvgIpc) is 2.70. The Morgan fingerprint density at radius 3 is 2.85 bits per heavy atom. The van der Waals surface area contributed by atoms with E-state index < -0.39 is 0 Å². The molecule has 0 aromatic rings.